The van der Waals surface area contributed by atoms with Gasteiger partial charge in [0, 0.05) is 25.0 Å². The Balaban J connectivity index is 1.41. The van der Waals surface area contributed by atoms with Crippen molar-refractivity contribution < 1.29 is 18.9 Å². The molecule has 0 amide bonds. The molecule has 0 radical (unpaired) electrons. The highest BCUT2D eigenvalue weighted by atomic mass is 16.7. The van der Waals surface area contributed by atoms with Crippen molar-refractivity contribution in [3.8, 4) is 0 Å². The molecule has 8 rings (SSSR count). The van der Waals surface area contributed by atoms with Gasteiger partial charge in [-0.2, -0.15) is 0 Å². The third-order valence-electron chi connectivity index (χ3n) is 12.2. The van der Waals surface area contributed by atoms with Crippen LogP contribution < -0.4 is 0 Å². The van der Waals surface area contributed by atoms with Crippen LogP contribution in [0, 0.1) is 70.0 Å². The van der Waals surface area contributed by atoms with E-state index >= 15 is 0 Å². The van der Waals surface area contributed by atoms with Crippen LogP contribution in [0.2, 0.25) is 0 Å². The van der Waals surface area contributed by atoms with Gasteiger partial charge < -0.3 is 18.9 Å². The predicted octanol–water partition coefficient (Wildman–Crippen LogP) is 3.55. The molecule has 8 aliphatic rings. The van der Waals surface area contributed by atoms with E-state index in [2.05, 4.69) is 13.8 Å². The fourth-order valence-electron chi connectivity index (χ4n) is 12.4. The van der Waals surface area contributed by atoms with Crippen molar-refractivity contribution >= 4 is 0 Å². The van der Waals surface area contributed by atoms with Crippen molar-refractivity contribution in [2.45, 2.75) is 64.3 Å². The van der Waals surface area contributed by atoms with Gasteiger partial charge >= 0.3 is 0 Å². The highest BCUT2D eigenvalue weighted by Gasteiger charge is 2.87. The van der Waals surface area contributed by atoms with Crippen molar-refractivity contribution in [2.24, 2.45) is 70.0 Å². The quantitative estimate of drug-likeness (QED) is 0.727. The second kappa shape index (κ2) is 4.69. The Morgan fingerprint density at radius 1 is 0.607 bits per heavy atom. The second-order valence-corrected chi connectivity index (χ2v) is 12.1. The van der Waals surface area contributed by atoms with Crippen LogP contribution in [0.3, 0.4) is 0 Å². The van der Waals surface area contributed by atoms with Gasteiger partial charge in [0.15, 0.2) is 12.6 Å². The molecule has 0 bridgehead atoms. The van der Waals surface area contributed by atoms with Gasteiger partial charge in [-0.1, -0.05) is 13.8 Å². The third-order valence-corrected chi connectivity index (χ3v) is 12.2. The minimum atomic E-state index is -0.00329. The normalized spacial score (nSPS) is 74.1. The van der Waals surface area contributed by atoms with Crippen molar-refractivity contribution in [1.82, 2.24) is 0 Å². The number of methoxy groups -OCH3 is 2. The minimum absolute atomic E-state index is 0.00329. The van der Waals surface area contributed by atoms with E-state index in [4.69, 9.17) is 18.9 Å². The SMILES string of the molecule is CO[C@H]1O[C@@H]2CC[C@@H]3[C@@H]2[C@@H]2[C@H]4[C@@H]5[C@H]6[C@H]7[C@H](CC[C@H]7O[C@H](OC)[C@@]6(C)[C@@H]34)[C@H]5[C@]12C. The van der Waals surface area contributed by atoms with Gasteiger partial charge in [0.05, 0.1) is 12.2 Å². The van der Waals surface area contributed by atoms with Crippen LogP contribution in [0.5, 0.6) is 0 Å². The summed E-state index contributed by atoms with van der Waals surface area (Å²) >= 11 is 0. The Morgan fingerprint density at radius 2 is 1.04 bits per heavy atom. The van der Waals surface area contributed by atoms with Crippen LogP contribution >= 0.6 is 0 Å². The standard InChI is InChI=1S/C24H34O4/c1-23-17-9-5-7-12-14(9)20-15(17)16-18(24(20,2)22(26-4)28-12)10-6-8-11(13(10)19(16)23)27-21(23)25-3/h9-22H,5-8H2,1-4H3/t9-,10+,11-,12-,13+,14+,15+,16+,17+,18-,19-,20-,21+,22+,23+,24+/m1/s1. The Labute approximate surface area is 168 Å². The lowest BCUT2D eigenvalue weighted by Gasteiger charge is -2.53. The molecule has 16 atom stereocenters. The van der Waals surface area contributed by atoms with Gasteiger partial charge in [-0.15, -0.1) is 0 Å². The first kappa shape index (κ1) is 16.5. The molecule has 0 spiro atoms. The summed E-state index contributed by atoms with van der Waals surface area (Å²) in [4.78, 5) is 0. The third kappa shape index (κ3) is 1.32. The molecule has 154 valence electrons. The fraction of sp³-hybridized carbons (Fsp3) is 1.00. The van der Waals surface area contributed by atoms with E-state index in [1.165, 1.54) is 25.7 Å². The zero-order chi connectivity index (χ0) is 18.7. The van der Waals surface area contributed by atoms with Crippen molar-refractivity contribution in [3.05, 3.63) is 0 Å². The van der Waals surface area contributed by atoms with Crippen LogP contribution in [0.1, 0.15) is 39.5 Å². The molecule has 28 heavy (non-hydrogen) atoms. The topological polar surface area (TPSA) is 36.9 Å². The molecule has 4 nitrogen and oxygen atoms in total. The van der Waals surface area contributed by atoms with Crippen LogP contribution in [-0.2, 0) is 18.9 Å². The number of rotatable bonds is 2. The second-order valence-electron chi connectivity index (χ2n) is 12.1. The lowest BCUT2D eigenvalue weighted by atomic mass is 9.61. The zero-order valence-electron chi connectivity index (χ0n) is 17.5. The molecule has 0 aromatic rings. The van der Waals surface area contributed by atoms with Crippen molar-refractivity contribution in [3.63, 3.8) is 0 Å². The van der Waals surface area contributed by atoms with Crippen molar-refractivity contribution in [2.75, 3.05) is 14.2 Å². The maximum atomic E-state index is 6.78. The molecular weight excluding hydrogens is 352 g/mol. The van der Waals surface area contributed by atoms with E-state index in [1.54, 1.807) is 0 Å². The summed E-state index contributed by atoms with van der Waals surface area (Å²) < 4.78 is 25.9. The van der Waals surface area contributed by atoms with Gasteiger partial charge in [-0.25, -0.2) is 0 Å². The van der Waals surface area contributed by atoms with E-state index in [9.17, 15) is 0 Å². The Hall–Kier alpha value is -0.160. The highest BCUT2D eigenvalue weighted by molar-refractivity contribution is 5.32. The molecule has 2 saturated heterocycles. The highest BCUT2D eigenvalue weighted by Crippen LogP contribution is 2.87. The average molecular weight is 387 g/mol. The van der Waals surface area contributed by atoms with E-state index in [-0.39, 0.29) is 23.4 Å². The first-order chi connectivity index (χ1) is 13.6. The van der Waals surface area contributed by atoms with Gasteiger partial charge in [-0.3, -0.25) is 0 Å². The number of hydrogen-bond donors (Lipinski definition) is 0. The molecule has 0 N–H and O–H groups in total. The maximum Gasteiger partial charge on any atom is 0.163 e. The van der Waals surface area contributed by atoms with Gasteiger partial charge in [0.25, 0.3) is 0 Å². The fourth-order valence-corrected chi connectivity index (χ4v) is 12.4. The monoisotopic (exact) mass is 386 g/mol. The lowest BCUT2D eigenvalue weighted by molar-refractivity contribution is -0.287. The molecule has 0 aromatic heterocycles. The molecular formula is C24H34O4. The molecule has 6 aliphatic carbocycles. The van der Waals surface area contributed by atoms with E-state index in [0.29, 0.717) is 12.2 Å². The van der Waals surface area contributed by atoms with Crippen LogP contribution in [-0.4, -0.2) is 39.0 Å². The minimum Gasteiger partial charge on any atom is -0.355 e. The molecule has 2 aliphatic heterocycles. The summed E-state index contributed by atoms with van der Waals surface area (Å²) in [6.07, 6.45) is 5.99. The lowest BCUT2D eigenvalue weighted by Crippen LogP contribution is -2.56. The number of fused-ring (bicyclic) bond motifs is 4. The smallest absolute Gasteiger partial charge is 0.163 e. The van der Waals surface area contributed by atoms with Gasteiger partial charge in [0.2, 0.25) is 0 Å². The number of ether oxygens (including phenoxy) is 4. The summed E-state index contributed by atoms with van der Waals surface area (Å²) in [5.41, 5.74) is 0.396. The summed E-state index contributed by atoms with van der Waals surface area (Å²) in [5.74, 6) is 7.96. The molecule has 0 unspecified atom stereocenters. The summed E-state index contributed by atoms with van der Waals surface area (Å²) in [7, 11) is 3.80. The maximum absolute atomic E-state index is 6.78. The first-order valence-corrected chi connectivity index (χ1v) is 11.9. The average Bonchev–Trinajstić information content (AvgIpc) is 3.44. The molecule has 4 heteroatoms. The Morgan fingerprint density at radius 3 is 1.43 bits per heavy atom. The molecule has 6 saturated carbocycles. The summed E-state index contributed by atoms with van der Waals surface area (Å²) in [5, 5.41) is 0. The molecule has 0 aromatic carbocycles. The largest absolute Gasteiger partial charge is 0.355 e. The summed E-state index contributed by atoms with van der Waals surface area (Å²) in [6.45, 7) is 5.17. The Bertz CT molecular complexity index is 693. The number of hydrogen-bond acceptors (Lipinski definition) is 4. The van der Waals surface area contributed by atoms with E-state index < -0.39 is 0 Å². The van der Waals surface area contributed by atoms with Gasteiger partial charge in [0.1, 0.15) is 0 Å². The zero-order valence-corrected chi connectivity index (χ0v) is 17.5. The Kier molecular flexibility index (Phi) is 2.77. The van der Waals surface area contributed by atoms with Crippen LogP contribution in [0.15, 0.2) is 0 Å². The molecule has 2 heterocycles. The van der Waals surface area contributed by atoms with Crippen LogP contribution in [0.4, 0.5) is 0 Å². The molecule has 8 fully saturated rings. The van der Waals surface area contributed by atoms with E-state index in [1.807, 2.05) is 14.2 Å². The van der Waals surface area contributed by atoms with Gasteiger partial charge in [-0.05, 0) is 84.9 Å². The predicted molar refractivity (Wildman–Crippen MR) is 101 cm³/mol. The van der Waals surface area contributed by atoms with Crippen molar-refractivity contribution in [1.29, 1.82) is 0 Å². The first-order valence-electron chi connectivity index (χ1n) is 11.9. The summed E-state index contributed by atoms with van der Waals surface area (Å²) in [6, 6.07) is 0. The van der Waals surface area contributed by atoms with E-state index in [0.717, 1.165) is 59.2 Å². The van der Waals surface area contributed by atoms with Crippen LogP contribution in [0.25, 0.3) is 0 Å².